The van der Waals surface area contributed by atoms with Crippen LogP contribution in [0.2, 0.25) is 0 Å². The Morgan fingerprint density at radius 1 is 1.15 bits per heavy atom. The van der Waals surface area contributed by atoms with E-state index in [0.717, 1.165) is 58.1 Å². The number of anilines is 1. The fourth-order valence-electron chi connectivity index (χ4n) is 4.19. The van der Waals surface area contributed by atoms with E-state index in [-0.39, 0.29) is 12.1 Å². The van der Waals surface area contributed by atoms with Gasteiger partial charge in [-0.2, -0.15) is 5.10 Å². The minimum atomic E-state index is -0.290. The second-order valence-corrected chi connectivity index (χ2v) is 7.39. The molecule has 2 aliphatic rings. The molecule has 0 unspecified atom stereocenters. The van der Waals surface area contributed by atoms with E-state index in [1.54, 1.807) is 0 Å². The lowest BCUT2D eigenvalue weighted by Gasteiger charge is -2.45. The van der Waals surface area contributed by atoms with Gasteiger partial charge in [0.05, 0.1) is 12.3 Å². The Morgan fingerprint density at radius 2 is 2.00 bits per heavy atom. The summed E-state index contributed by atoms with van der Waals surface area (Å²) in [6.45, 7) is 6.54. The van der Waals surface area contributed by atoms with Crippen LogP contribution < -0.4 is 4.90 Å². The fourth-order valence-corrected chi connectivity index (χ4v) is 4.19. The zero-order chi connectivity index (χ0) is 17.9. The van der Waals surface area contributed by atoms with Gasteiger partial charge in [-0.15, -0.1) is 0 Å². The Kier molecular flexibility index (Phi) is 5.19. The van der Waals surface area contributed by atoms with Gasteiger partial charge in [0, 0.05) is 76.9 Å². The molecule has 7 heteroatoms. The summed E-state index contributed by atoms with van der Waals surface area (Å²) in [6, 6.07) is 6.33. The molecule has 4 heterocycles. The molecule has 140 valence electrons. The van der Waals surface area contributed by atoms with Crippen molar-refractivity contribution in [2.45, 2.75) is 25.1 Å². The molecule has 2 aromatic heterocycles. The van der Waals surface area contributed by atoms with E-state index >= 15 is 0 Å². The van der Waals surface area contributed by atoms with Crippen LogP contribution in [0.1, 0.15) is 12.0 Å². The molecule has 2 fully saturated rings. The first kappa shape index (κ1) is 17.5. The average molecular weight is 356 g/mol. The largest absolute Gasteiger partial charge is 0.390 e. The molecule has 2 aliphatic heterocycles. The number of aromatic nitrogens is 3. The average Bonchev–Trinajstić information content (AvgIpc) is 3.07. The minimum Gasteiger partial charge on any atom is -0.390 e. The summed E-state index contributed by atoms with van der Waals surface area (Å²) in [4.78, 5) is 11.6. The summed E-state index contributed by atoms with van der Waals surface area (Å²) in [5.74, 6) is 1.05. The third-order valence-electron chi connectivity index (χ3n) is 5.55. The standard InChI is InChI=1S/C19H28N6O/c1-22-13-16(12-21-22)14-23-7-5-17(18(26)15-23)24-8-10-25(11-9-24)19-4-2-3-6-20-19/h2-4,6,12-13,17-18,26H,5,7-11,14-15H2,1H3/t17-,18-/m1/s1. The van der Waals surface area contributed by atoms with Gasteiger partial charge >= 0.3 is 0 Å². The van der Waals surface area contributed by atoms with Gasteiger partial charge in [-0.3, -0.25) is 14.5 Å². The van der Waals surface area contributed by atoms with Crippen molar-refractivity contribution in [2.24, 2.45) is 7.05 Å². The molecule has 26 heavy (non-hydrogen) atoms. The summed E-state index contributed by atoms with van der Waals surface area (Å²) in [6.07, 6.45) is 6.54. The first-order valence-electron chi connectivity index (χ1n) is 9.47. The van der Waals surface area contributed by atoms with Crippen molar-refractivity contribution in [3.8, 4) is 0 Å². The van der Waals surface area contributed by atoms with Crippen LogP contribution in [0.5, 0.6) is 0 Å². The van der Waals surface area contributed by atoms with Crippen molar-refractivity contribution in [2.75, 3.05) is 44.2 Å². The molecule has 0 radical (unpaired) electrons. The molecule has 0 spiro atoms. The maximum absolute atomic E-state index is 10.7. The number of β-amino-alcohol motifs (C(OH)–C–C–N with tert-alkyl or cyclic N) is 1. The molecule has 2 aromatic rings. The highest BCUT2D eigenvalue weighted by atomic mass is 16.3. The van der Waals surface area contributed by atoms with Gasteiger partial charge in [0.25, 0.3) is 0 Å². The molecule has 0 aromatic carbocycles. The van der Waals surface area contributed by atoms with Crippen molar-refractivity contribution in [1.29, 1.82) is 0 Å². The van der Waals surface area contributed by atoms with Gasteiger partial charge in [-0.25, -0.2) is 4.98 Å². The number of rotatable bonds is 4. The van der Waals surface area contributed by atoms with Crippen LogP contribution in [0.4, 0.5) is 5.82 Å². The van der Waals surface area contributed by atoms with Crippen LogP contribution in [0.3, 0.4) is 0 Å². The van der Waals surface area contributed by atoms with E-state index in [1.807, 2.05) is 36.3 Å². The van der Waals surface area contributed by atoms with E-state index in [4.69, 9.17) is 0 Å². The molecule has 2 saturated heterocycles. The van der Waals surface area contributed by atoms with Crippen molar-refractivity contribution in [3.63, 3.8) is 0 Å². The second-order valence-electron chi connectivity index (χ2n) is 7.39. The highest BCUT2D eigenvalue weighted by Gasteiger charge is 2.33. The van der Waals surface area contributed by atoms with Gasteiger partial charge in [0.15, 0.2) is 0 Å². The van der Waals surface area contributed by atoms with Gasteiger partial charge in [-0.05, 0) is 18.6 Å². The Bertz CT molecular complexity index is 697. The third kappa shape index (κ3) is 3.90. The Labute approximate surface area is 154 Å². The second kappa shape index (κ2) is 7.73. The molecule has 2 atom stereocenters. The van der Waals surface area contributed by atoms with E-state index in [0.29, 0.717) is 0 Å². The molecule has 0 bridgehead atoms. The van der Waals surface area contributed by atoms with Crippen molar-refractivity contribution < 1.29 is 5.11 Å². The first-order valence-corrected chi connectivity index (χ1v) is 9.47. The maximum atomic E-state index is 10.7. The highest BCUT2D eigenvalue weighted by Crippen LogP contribution is 2.21. The number of aliphatic hydroxyl groups is 1. The van der Waals surface area contributed by atoms with Gasteiger partial charge < -0.3 is 10.0 Å². The van der Waals surface area contributed by atoms with E-state index in [9.17, 15) is 5.11 Å². The van der Waals surface area contributed by atoms with E-state index in [1.165, 1.54) is 5.56 Å². The van der Waals surface area contributed by atoms with Gasteiger partial charge in [0.1, 0.15) is 5.82 Å². The van der Waals surface area contributed by atoms with Crippen LogP contribution >= 0.6 is 0 Å². The minimum absolute atomic E-state index is 0.269. The molecule has 0 aliphatic carbocycles. The fraction of sp³-hybridized carbons (Fsp3) is 0.579. The Balaban J connectivity index is 1.28. The zero-order valence-corrected chi connectivity index (χ0v) is 15.4. The number of hydrogen-bond acceptors (Lipinski definition) is 6. The van der Waals surface area contributed by atoms with Crippen LogP contribution in [-0.2, 0) is 13.6 Å². The van der Waals surface area contributed by atoms with Crippen LogP contribution in [-0.4, -0.2) is 81.1 Å². The SMILES string of the molecule is Cn1cc(CN2CC[C@@H](N3CCN(c4ccccn4)CC3)[C@H](O)C2)cn1. The lowest BCUT2D eigenvalue weighted by molar-refractivity contribution is -0.0172. The maximum Gasteiger partial charge on any atom is 0.128 e. The zero-order valence-electron chi connectivity index (χ0n) is 15.4. The molecule has 0 saturated carbocycles. The molecular formula is C19H28N6O. The predicted molar refractivity (Wildman–Crippen MR) is 101 cm³/mol. The number of piperidine rings is 1. The quantitative estimate of drug-likeness (QED) is 0.864. The van der Waals surface area contributed by atoms with Crippen molar-refractivity contribution in [1.82, 2.24) is 24.6 Å². The number of aliphatic hydroxyl groups excluding tert-OH is 1. The number of likely N-dealkylation sites (tertiary alicyclic amines) is 1. The van der Waals surface area contributed by atoms with Gasteiger partial charge in [-0.1, -0.05) is 6.07 Å². The van der Waals surface area contributed by atoms with Crippen LogP contribution in [0, 0.1) is 0 Å². The topological polar surface area (TPSA) is 60.7 Å². The normalized spacial score (nSPS) is 25.5. The Hall–Kier alpha value is -1.96. The number of hydrogen-bond donors (Lipinski definition) is 1. The smallest absolute Gasteiger partial charge is 0.128 e. The molecule has 1 N–H and O–H groups in total. The third-order valence-corrected chi connectivity index (χ3v) is 5.55. The van der Waals surface area contributed by atoms with Gasteiger partial charge in [0.2, 0.25) is 0 Å². The summed E-state index contributed by atoms with van der Waals surface area (Å²) < 4.78 is 1.83. The van der Waals surface area contributed by atoms with E-state index < -0.39 is 0 Å². The van der Waals surface area contributed by atoms with E-state index in [2.05, 4.69) is 37.0 Å². The highest BCUT2D eigenvalue weighted by molar-refractivity contribution is 5.38. The molecule has 4 rings (SSSR count). The van der Waals surface area contributed by atoms with Crippen LogP contribution in [0.25, 0.3) is 0 Å². The number of nitrogens with zero attached hydrogens (tertiary/aromatic N) is 6. The number of pyridine rings is 1. The first-order chi connectivity index (χ1) is 12.7. The molecule has 7 nitrogen and oxygen atoms in total. The monoisotopic (exact) mass is 356 g/mol. The summed E-state index contributed by atoms with van der Waals surface area (Å²) >= 11 is 0. The molecular weight excluding hydrogens is 328 g/mol. The summed E-state index contributed by atoms with van der Waals surface area (Å²) in [5.41, 5.74) is 1.21. The Morgan fingerprint density at radius 3 is 2.65 bits per heavy atom. The molecule has 0 amide bonds. The number of aryl methyl sites for hydroxylation is 1. The predicted octanol–water partition coefficient (Wildman–Crippen LogP) is 0.573. The summed E-state index contributed by atoms with van der Waals surface area (Å²) in [7, 11) is 1.94. The van der Waals surface area contributed by atoms with Crippen LogP contribution in [0.15, 0.2) is 36.8 Å². The lowest BCUT2D eigenvalue weighted by Crippen LogP contribution is -2.58. The van der Waals surface area contributed by atoms with Crippen molar-refractivity contribution in [3.05, 3.63) is 42.4 Å². The summed E-state index contributed by atoms with van der Waals surface area (Å²) in [5, 5.41) is 15.0. The lowest BCUT2D eigenvalue weighted by atomic mass is 9.99. The van der Waals surface area contributed by atoms with Crippen molar-refractivity contribution >= 4 is 5.82 Å². The number of piperazine rings is 1.